The summed E-state index contributed by atoms with van der Waals surface area (Å²) in [6.07, 6.45) is 0. The normalized spacial score (nSPS) is 10.3. The molecule has 1 aromatic heterocycles. The van der Waals surface area contributed by atoms with Crippen molar-refractivity contribution in [3.8, 4) is 0 Å². The van der Waals surface area contributed by atoms with Crippen LogP contribution in [0.5, 0.6) is 0 Å². The number of rotatable bonds is 2. The predicted molar refractivity (Wildman–Crippen MR) is 89.1 cm³/mol. The number of hydrogen-bond acceptors (Lipinski definition) is 2. The topological polar surface area (TPSA) is 42.0 Å². The molecule has 0 fully saturated rings. The minimum Gasteiger partial charge on any atom is -0.321 e. The van der Waals surface area contributed by atoms with Crippen LogP contribution in [0.4, 0.5) is 5.69 Å². The second-order valence-corrected chi connectivity index (χ2v) is 6.40. The number of nitrogens with zero attached hydrogens (tertiary/aromatic N) is 1. The van der Waals surface area contributed by atoms with Gasteiger partial charge >= 0.3 is 0 Å². The highest BCUT2D eigenvalue weighted by atomic mass is 127. The third kappa shape index (κ3) is 3.81. The Morgan fingerprint density at radius 1 is 1.26 bits per heavy atom. The monoisotopic (exact) mass is 470 g/mol. The first kappa shape index (κ1) is 15.0. The molecule has 1 aromatic carbocycles. The van der Waals surface area contributed by atoms with Gasteiger partial charge in [0.2, 0.25) is 0 Å². The van der Waals surface area contributed by atoms with E-state index in [4.69, 9.17) is 23.2 Å². The molecule has 0 aliphatic rings. The van der Waals surface area contributed by atoms with Crippen LogP contribution in [0.2, 0.25) is 10.3 Å². The van der Waals surface area contributed by atoms with E-state index >= 15 is 0 Å². The lowest BCUT2D eigenvalue weighted by Gasteiger charge is -2.08. The second-order valence-electron chi connectivity index (χ2n) is 3.55. The number of carbonyl (C=O) groups is 1. The van der Waals surface area contributed by atoms with Crippen LogP contribution in [0.1, 0.15) is 10.4 Å². The van der Waals surface area contributed by atoms with Crippen molar-refractivity contribution in [3.63, 3.8) is 0 Å². The minimum atomic E-state index is -0.337. The van der Waals surface area contributed by atoms with Crippen molar-refractivity contribution < 1.29 is 4.79 Å². The summed E-state index contributed by atoms with van der Waals surface area (Å²) in [7, 11) is 0. The average Bonchev–Trinajstić information content (AvgIpc) is 2.32. The van der Waals surface area contributed by atoms with Crippen LogP contribution in [0.25, 0.3) is 0 Å². The Kier molecular flexibility index (Phi) is 5.05. The van der Waals surface area contributed by atoms with E-state index in [0.717, 1.165) is 8.04 Å². The molecule has 0 saturated carbocycles. The summed E-state index contributed by atoms with van der Waals surface area (Å²) >= 11 is 17.2. The number of amides is 1. The number of aromatic nitrogens is 1. The van der Waals surface area contributed by atoms with Gasteiger partial charge in [-0.25, -0.2) is 4.98 Å². The summed E-state index contributed by atoms with van der Waals surface area (Å²) in [6, 6.07) is 8.65. The SMILES string of the molecule is O=C(Nc1ccc(I)cc1Br)c1ccc(Cl)nc1Cl. The van der Waals surface area contributed by atoms with Gasteiger partial charge in [-0.1, -0.05) is 23.2 Å². The first-order valence-electron chi connectivity index (χ1n) is 5.06. The van der Waals surface area contributed by atoms with Crippen LogP contribution in [-0.2, 0) is 0 Å². The van der Waals surface area contributed by atoms with E-state index in [0.29, 0.717) is 5.69 Å². The van der Waals surface area contributed by atoms with Crippen LogP contribution in [0, 0.1) is 3.57 Å². The number of anilines is 1. The van der Waals surface area contributed by atoms with E-state index in [-0.39, 0.29) is 21.8 Å². The lowest BCUT2D eigenvalue weighted by atomic mass is 10.2. The van der Waals surface area contributed by atoms with Gasteiger partial charge in [-0.2, -0.15) is 0 Å². The number of halogens is 4. The molecule has 0 spiro atoms. The fraction of sp³-hybridized carbons (Fsp3) is 0. The molecular formula is C12H6BrCl2IN2O. The van der Waals surface area contributed by atoms with Gasteiger partial charge in [0, 0.05) is 8.04 Å². The van der Waals surface area contributed by atoms with Crippen LogP contribution in [0.3, 0.4) is 0 Å². The maximum absolute atomic E-state index is 12.1. The third-order valence-electron chi connectivity index (χ3n) is 2.24. The van der Waals surface area contributed by atoms with Gasteiger partial charge in [0.1, 0.15) is 10.3 Å². The molecule has 1 amide bonds. The van der Waals surface area contributed by atoms with Crippen molar-refractivity contribution in [3.05, 3.63) is 54.2 Å². The van der Waals surface area contributed by atoms with Crippen molar-refractivity contribution in [1.82, 2.24) is 4.98 Å². The summed E-state index contributed by atoms with van der Waals surface area (Å²) in [5.41, 5.74) is 0.938. The van der Waals surface area contributed by atoms with Gasteiger partial charge in [0.15, 0.2) is 0 Å². The van der Waals surface area contributed by atoms with Gasteiger partial charge in [0.05, 0.1) is 11.3 Å². The lowest BCUT2D eigenvalue weighted by Crippen LogP contribution is -2.13. The molecule has 1 heterocycles. The lowest BCUT2D eigenvalue weighted by molar-refractivity contribution is 0.102. The van der Waals surface area contributed by atoms with Crippen LogP contribution in [0.15, 0.2) is 34.8 Å². The maximum Gasteiger partial charge on any atom is 0.258 e. The number of benzene rings is 1. The Morgan fingerprint density at radius 2 is 2.00 bits per heavy atom. The summed E-state index contributed by atoms with van der Waals surface area (Å²) in [6.45, 7) is 0. The van der Waals surface area contributed by atoms with Crippen LogP contribution >= 0.6 is 61.7 Å². The molecular weight excluding hydrogens is 466 g/mol. The van der Waals surface area contributed by atoms with Crippen LogP contribution in [-0.4, -0.2) is 10.9 Å². The first-order chi connectivity index (χ1) is 8.97. The molecule has 0 saturated heterocycles. The smallest absolute Gasteiger partial charge is 0.258 e. The highest BCUT2D eigenvalue weighted by Crippen LogP contribution is 2.26. The van der Waals surface area contributed by atoms with Gasteiger partial charge in [0.25, 0.3) is 5.91 Å². The standard InChI is InChI=1S/C12H6BrCl2IN2O/c13-8-5-6(16)1-3-9(8)17-12(19)7-2-4-10(14)18-11(7)15/h1-5H,(H,17,19). The Balaban J connectivity index is 2.25. The van der Waals surface area contributed by atoms with Crippen LogP contribution < -0.4 is 5.32 Å². The van der Waals surface area contributed by atoms with E-state index in [2.05, 4.69) is 48.8 Å². The van der Waals surface area contributed by atoms with Crippen molar-refractivity contribution in [2.75, 3.05) is 5.32 Å². The number of pyridine rings is 1. The van der Waals surface area contributed by atoms with Crippen molar-refractivity contribution in [2.45, 2.75) is 0 Å². The Bertz CT molecular complexity index is 652. The molecule has 98 valence electrons. The van der Waals surface area contributed by atoms with Gasteiger partial charge in [-0.3, -0.25) is 4.79 Å². The van der Waals surface area contributed by atoms with Gasteiger partial charge < -0.3 is 5.32 Å². The fourth-order valence-corrected chi connectivity index (χ4v) is 3.19. The van der Waals surface area contributed by atoms with Gasteiger partial charge in [-0.05, 0) is 68.9 Å². The zero-order chi connectivity index (χ0) is 14.0. The highest BCUT2D eigenvalue weighted by molar-refractivity contribution is 14.1. The fourth-order valence-electron chi connectivity index (χ4n) is 1.36. The summed E-state index contributed by atoms with van der Waals surface area (Å²) < 4.78 is 1.86. The van der Waals surface area contributed by atoms with E-state index in [1.807, 2.05) is 12.1 Å². The summed E-state index contributed by atoms with van der Waals surface area (Å²) in [4.78, 5) is 15.9. The van der Waals surface area contributed by atoms with E-state index in [9.17, 15) is 4.79 Å². The Hall–Kier alpha value is -0.370. The molecule has 2 aromatic rings. The number of carbonyl (C=O) groups excluding carboxylic acids is 1. The van der Waals surface area contributed by atoms with E-state index in [1.165, 1.54) is 12.1 Å². The first-order valence-corrected chi connectivity index (χ1v) is 7.68. The minimum absolute atomic E-state index is 0.0756. The quantitative estimate of drug-likeness (QED) is 0.494. The number of hydrogen-bond donors (Lipinski definition) is 1. The molecule has 0 radical (unpaired) electrons. The summed E-state index contributed by atoms with van der Waals surface area (Å²) in [5, 5.41) is 3.08. The second kappa shape index (κ2) is 6.39. The van der Waals surface area contributed by atoms with Gasteiger partial charge in [-0.15, -0.1) is 0 Å². The molecule has 3 nitrogen and oxygen atoms in total. The summed E-state index contributed by atoms with van der Waals surface area (Å²) in [5.74, 6) is -0.337. The average molecular weight is 472 g/mol. The zero-order valence-corrected chi connectivity index (χ0v) is 14.5. The molecule has 2 rings (SSSR count). The predicted octanol–water partition coefficient (Wildman–Crippen LogP) is 5.01. The largest absolute Gasteiger partial charge is 0.321 e. The Labute approximate surface area is 142 Å². The molecule has 7 heteroatoms. The Morgan fingerprint density at radius 3 is 2.63 bits per heavy atom. The molecule has 19 heavy (non-hydrogen) atoms. The molecule has 0 aliphatic carbocycles. The molecule has 0 bridgehead atoms. The third-order valence-corrected chi connectivity index (χ3v) is 4.06. The highest BCUT2D eigenvalue weighted by Gasteiger charge is 2.13. The molecule has 0 atom stereocenters. The molecule has 1 N–H and O–H groups in total. The maximum atomic E-state index is 12.1. The van der Waals surface area contributed by atoms with Crippen molar-refractivity contribution in [1.29, 1.82) is 0 Å². The molecule has 0 unspecified atom stereocenters. The van der Waals surface area contributed by atoms with Crippen molar-refractivity contribution >= 4 is 73.3 Å². The number of nitrogens with one attached hydrogen (secondary N) is 1. The molecule has 0 aliphatic heterocycles. The van der Waals surface area contributed by atoms with E-state index < -0.39 is 0 Å². The zero-order valence-electron chi connectivity index (χ0n) is 9.25. The van der Waals surface area contributed by atoms with Crippen molar-refractivity contribution in [2.24, 2.45) is 0 Å². The van der Waals surface area contributed by atoms with E-state index in [1.54, 1.807) is 6.07 Å².